The third kappa shape index (κ3) is 1.91. The quantitative estimate of drug-likeness (QED) is 0.666. The van der Waals surface area contributed by atoms with Gasteiger partial charge in [-0.25, -0.2) is 4.79 Å². The highest BCUT2D eigenvalue weighted by Gasteiger charge is 2.57. The Morgan fingerprint density at radius 3 is 2.50 bits per heavy atom. The first-order valence-corrected chi connectivity index (χ1v) is 4.40. The number of carbonyl (C=O) groups excluding carboxylic acids is 1. The maximum Gasteiger partial charge on any atom is 0.432 e. The molecule has 1 heterocycles. The summed E-state index contributed by atoms with van der Waals surface area (Å²) in [4.78, 5) is 10.7. The molecule has 0 amide bonds. The minimum Gasteiger partial charge on any atom is -0.442 e. The summed E-state index contributed by atoms with van der Waals surface area (Å²) in [6.45, 7) is 1.78. The molecule has 0 aromatic carbocycles. The Bertz CT molecular complexity index is 257. The van der Waals surface area contributed by atoms with Crippen LogP contribution in [0.5, 0.6) is 0 Å². The van der Waals surface area contributed by atoms with Crippen LogP contribution in [-0.2, 0) is 9.53 Å². The Kier molecular flexibility index (Phi) is 2.87. The van der Waals surface area contributed by atoms with Crippen molar-refractivity contribution in [3.8, 4) is 0 Å². The SMILES string of the molecule is CCCCC1(C(F)(F)F)C=CC(=O)O1. The van der Waals surface area contributed by atoms with Crippen LogP contribution in [0, 0.1) is 0 Å². The van der Waals surface area contributed by atoms with Crippen molar-refractivity contribution in [3.05, 3.63) is 12.2 Å². The molecule has 80 valence electrons. The summed E-state index contributed by atoms with van der Waals surface area (Å²) in [5, 5.41) is 0. The Morgan fingerprint density at radius 1 is 1.50 bits per heavy atom. The second-order valence-electron chi connectivity index (χ2n) is 3.25. The molecule has 0 fully saturated rings. The molecule has 1 aliphatic rings. The summed E-state index contributed by atoms with van der Waals surface area (Å²) < 4.78 is 42.1. The molecule has 1 aliphatic heterocycles. The molecule has 0 radical (unpaired) electrons. The molecule has 1 atom stereocenters. The summed E-state index contributed by atoms with van der Waals surface area (Å²) in [6, 6.07) is 0. The summed E-state index contributed by atoms with van der Waals surface area (Å²) in [5.41, 5.74) is -2.37. The topological polar surface area (TPSA) is 26.3 Å². The van der Waals surface area contributed by atoms with Gasteiger partial charge in [0.05, 0.1) is 0 Å². The second-order valence-corrected chi connectivity index (χ2v) is 3.25. The van der Waals surface area contributed by atoms with Crippen LogP contribution in [0.2, 0.25) is 0 Å². The summed E-state index contributed by atoms with van der Waals surface area (Å²) in [7, 11) is 0. The van der Waals surface area contributed by atoms with E-state index in [0.717, 1.165) is 12.2 Å². The number of esters is 1. The predicted octanol–water partition coefficient (Wildman–Crippen LogP) is 2.59. The van der Waals surface area contributed by atoms with Crippen molar-refractivity contribution in [1.82, 2.24) is 0 Å². The number of unbranched alkanes of at least 4 members (excludes halogenated alkanes) is 1. The average molecular weight is 208 g/mol. The number of carbonyl (C=O) groups is 1. The van der Waals surface area contributed by atoms with E-state index < -0.39 is 17.7 Å². The lowest BCUT2D eigenvalue weighted by atomic mass is 9.96. The molecule has 1 unspecified atom stereocenters. The molecular formula is C9H11F3O2. The van der Waals surface area contributed by atoms with Crippen molar-refractivity contribution >= 4 is 5.97 Å². The zero-order valence-corrected chi connectivity index (χ0v) is 7.73. The van der Waals surface area contributed by atoms with Crippen LogP contribution in [0.25, 0.3) is 0 Å². The molecule has 0 aromatic rings. The summed E-state index contributed by atoms with van der Waals surface area (Å²) in [5.74, 6) is -0.918. The van der Waals surface area contributed by atoms with Gasteiger partial charge in [-0.3, -0.25) is 0 Å². The van der Waals surface area contributed by atoms with Crippen molar-refractivity contribution in [2.24, 2.45) is 0 Å². The van der Waals surface area contributed by atoms with Gasteiger partial charge in [0.1, 0.15) is 0 Å². The van der Waals surface area contributed by atoms with E-state index in [1.165, 1.54) is 0 Å². The van der Waals surface area contributed by atoms with E-state index in [2.05, 4.69) is 4.74 Å². The second kappa shape index (κ2) is 3.63. The van der Waals surface area contributed by atoms with Gasteiger partial charge in [0.15, 0.2) is 0 Å². The molecule has 0 aliphatic carbocycles. The number of rotatable bonds is 3. The fourth-order valence-corrected chi connectivity index (χ4v) is 1.32. The van der Waals surface area contributed by atoms with E-state index >= 15 is 0 Å². The van der Waals surface area contributed by atoms with Crippen LogP contribution in [0.3, 0.4) is 0 Å². The highest BCUT2D eigenvalue weighted by Crippen LogP contribution is 2.41. The molecule has 0 saturated carbocycles. The zero-order valence-electron chi connectivity index (χ0n) is 7.73. The van der Waals surface area contributed by atoms with E-state index in [1.807, 2.05) is 0 Å². The zero-order chi connectivity index (χ0) is 10.8. The Morgan fingerprint density at radius 2 is 2.14 bits per heavy atom. The van der Waals surface area contributed by atoms with E-state index in [1.54, 1.807) is 6.92 Å². The highest BCUT2D eigenvalue weighted by molar-refractivity contribution is 5.85. The third-order valence-electron chi connectivity index (χ3n) is 2.15. The minimum atomic E-state index is -4.52. The molecule has 0 saturated heterocycles. The van der Waals surface area contributed by atoms with Crippen LogP contribution < -0.4 is 0 Å². The fraction of sp³-hybridized carbons (Fsp3) is 0.667. The number of cyclic esters (lactones) is 1. The van der Waals surface area contributed by atoms with Crippen LogP contribution in [0.4, 0.5) is 13.2 Å². The van der Waals surface area contributed by atoms with Crippen molar-refractivity contribution < 1.29 is 22.7 Å². The highest BCUT2D eigenvalue weighted by atomic mass is 19.4. The Labute approximate surface area is 79.7 Å². The molecule has 0 N–H and O–H groups in total. The van der Waals surface area contributed by atoms with Gasteiger partial charge in [-0.1, -0.05) is 13.3 Å². The first-order valence-electron chi connectivity index (χ1n) is 4.40. The molecule has 5 heteroatoms. The standard InChI is InChI=1S/C9H11F3O2/c1-2-3-5-8(9(10,11)12)6-4-7(13)14-8/h4,6H,2-3,5H2,1H3. The lowest BCUT2D eigenvalue weighted by Gasteiger charge is -2.28. The third-order valence-corrected chi connectivity index (χ3v) is 2.15. The van der Waals surface area contributed by atoms with Gasteiger partial charge in [0, 0.05) is 12.5 Å². The van der Waals surface area contributed by atoms with Crippen molar-refractivity contribution in [2.75, 3.05) is 0 Å². The first-order chi connectivity index (χ1) is 6.41. The number of halogens is 3. The number of hydrogen-bond donors (Lipinski definition) is 0. The van der Waals surface area contributed by atoms with Gasteiger partial charge in [0.25, 0.3) is 0 Å². The molecular weight excluding hydrogens is 197 g/mol. The predicted molar refractivity (Wildman–Crippen MR) is 43.5 cm³/mol. The van der Waals surface area contributed by atoms with Crippen LogP contribution in [0.15, 0.2) is 12.2 Å². The fourth-order valence-electron chi connectivity index (χ4n) is 1.32. The summed E-state index contributed by atoms with van der Waals surface area (Å²) in [6.07, 6.45) is -2.07. The summed E-state index contributed by atoms with van der Waals surface area (Å²) >= 11 is 0. The molecule has 2 nitrogen and oxygen atoms in total. The molecule has 1 rings (SSSR count). The van der Waals surface area contributed by atoms with Crippen molar-refractivity contribution in [2.45, 2.75) is 38.0 Å². The first kappa shape index (κ1) is 11.1. The van der Waals surface area contributed by atoms with Gasteiger partial charge in [-0.15, -0.1) is 0 Å². The van der Waals surface area contributed by atoms with E-state index in [-0.39, 0.29) is 6.42 Å². The van der Waals surface area contributed by atoms with Gasteiger partial charge < -0.3 is 4.74 Å². The molecule has 0 spiro atoms. The van der Waals surface area contributed by atoms with E-state index in [0.29, 0.717) is 12.8 Å². The minimum absolute atomic E-state index is 0.199. The Balaban J connectivity index is 2.82. The maximum absolute atomic E-state index is 12.6. The lowest BCUT2D eigenvalue weighted by Crippen LogP contribution is -2.44. The van der Waals surface area contributed by atoms with Crippen molar-refractivity contribution in [3.63, 3.8) is 0 Å². The normalized spacial score (nSPS) is 26.7. The monoisotopic (exact) mass is 208 g/mol. The largest absolute Gasteiger partial charge is 0.442 e. The van der Waals surface area contributed by atoms with E-state index in [4.69, 9.17) is 0 Å². The molecule has 0 aromatic heterocycles. The number of ether oxygens (including phenoxy) is 1. The van der Waals surface area contributed by atoms with Crippen molar-refractivity contribution in [1.29, 1.82) is 0 Å². The number of alkyl halides is 3. The van der Waals surface area contributed by atoms with Gasteiger partial charge >= 0.3 is 12.1 Å². The van der Waals surface area contributed by atoms with Crippen LogP contribution in [0.1, 0.15) is 26.2 Å². The Hall–Kier alpha value is -1.00. The van der Waals surface area contributed by atoms with Crippen LogP contribution in [-0.4, -0.2) is 17.7 Å². The van der Waals surface area contributed by atoms with Gasteiger partial charge in [0.2, 0.25) is 5.60 Å². The maximum atomic E-state index is 12.6. The smallest absolute Gasteiger partial charge is 0.432 e. The van der Waals surface area contributed by atoms with E-state index in [9.17, 15) is 18.0 Å². The lowest BCUT2D eigenvalue weighted by molar-refractivity contribution is -0.247. The average Bonchev–Trinajstić information content (AvgIpc) is 2.44. The van der Waals surface area contributed by atoms with Gasteiger partial charge in [-0.05, 0) is 12.5 Å². The molecule has 0 bridgehead atoms. The van der Waals surface area contributed by atoms with Crippen LogP contribution >= 0.6 is 0 Å². The van der Waals surface area contributed by atoms with Gasteiger partial charge in [-0.2, -0.15) is 13.2 Å². The molecule has 14 heavy (non-hydrogen) atoms. The number of hydrogen-bond acceptors (Lipinski definition) is 2.